The van der Waals surface area contributed by atoms with Crippen LogP contribution in [0.2, 0.25) is 0 Å². The van der Waals surface area contributed by atoms with Crippen molar-refractivity contribution >= 4 is 17.9 Å². The number of benzene rings is 1. The number of aryl methyl sites for hydroxylation is 1. The maximum Gasteiger partial charge on any atom is 0.303 e. The zero-order valence-electron chi connectivity index (χ0n) is 18.6. The van der Waals surface area contributed by atoms with E-state index >= 15 is 0 Å². The smallest absolute Gasteiger partial charge is 0.303 e. The normalized spacial score (nSPS) is 21.9. The molecule has 0 amide bonds. The van der Waals surface area contributed by atoms with Gasteiger partial charge in [0.05, 0.1) is 5.56 Å². The number of aromatic nitrogens is 1. The summed E-state index contributed by atoms with van der Waals surface area (Å²) in [5, 5.41) is 10.4. The van der Waals surface area contributed by atoms with Gasteiger partial charge in [-0.05, 0) is 18.6 Å². The second-order valence-electron chi connectivity index (χ2n) is 7.67. The summed E-state index contributed by atoms with van der Waals surface area (Å²) in [5.74, 6) is -2.19. The third kappa shape index (κ3) is 5.40. The van der Waals surface area contributed by atoms with E-state index in [1.54, 1.807) is 24.3 Å². The molecule has 2 heterocycles. The number of pyridine rings is 1. The number of rotatable bonds is 6. The van der Waals surface area contributed by atoms with Crippen molar-refractivity contribution in [2.75, 3.05) is 6.61 Å². The van der Waals surface area contributed by atoms with Crippen LogP contribution < -0.4 is 5.56 Å². The van der Waals surface area contributed by atoms with E-state index in [-0.39, 0.29) is 17.9 Å². The molecule has 2 aromatic rings. The Morgan fingerprint density at radius 3 is 2.15 bits per heavy atom. The van der Waals surface area contributed by atoms with Crippen molar-refractivity contribution in [2.24, 2.45) is 0 Å². The van der Waals surface area contributed by atoms with Crippen molar-refractivity contribution in [3.05, 3.63) is 52.4 Å². The van der Waals surface area contributed by atoms with Crippen LogP contribution in [-0.4, -0.2) is 52.5 Å². The van der Waals surface area contributed by atoms with E-state index in [0.29, 0.717) is 5.56 Å². The highest BCUT2D eigenvalue weighted by atomic mass is 16.7. The number of ether oxygens (including phenoxy) is 4. The van der Waals surface area contributed by atoms with Crippen LogP contribution in [0.15, 0.2) is 41.3 Å². The molecule has 0 radical (unpaired) electrons. The molecule has 0 spiro atoms. The van der Waals surface area contributed by atoms with Crippen molar-refractivity contribution < 1.29 is 38.4 Å². The van der Waals surface area contributed by atoms with Gasteiger partial charge in [0, 0.05) is 27.0 Å². The first-order chi connectivity index (χ1) is 15.6. The lowest BCUT2D eigenvalue weighted by Crippen LogP contribution is -2.41. The van der Waals surface area contributed by atoms with Crippen molar-refractivity contribution in [1.29, 1.82) is 0 Å². The second kappa shape index (κ2) is 9.86. The van der Waals surface area contributed by atoms with Gasteiger partial charge < -0.3 is 24.1 Å². The molecule has 176 valence electrons. The van der Waals surface area contributed by atoms with Crippen molar-refractivity contribution in [3.63, 3.8) is 0 Å². The summed E-state index contributed by atoms with van der Waals surface area (Å²) in [5.41, 5.74) is 0.861. The quantitative estimate of drug-likeness (QED) is 0.508. The number of carbonyl (C=O) groups excluding carboxylic acids is 3. The van der Waals surface area contributed by atoms with Crippen LogP contribution in [0.4, 0.5) is 0 Å². The van der Waals surface area contributed by atoms with Crippen molar-refractivity contribution in [2.45, 2.75) is 52.2 Å². The molecule has 10 nitrogen and oxygen atoms in total. The highest BCUT2D eigenvalue weighted by Crippen LogP contribution is 2.35. The van der Waals surface area contributed by atoms with Crippen molar-refractivity contribution in [1.82, 2.24) is 4.57 Å². The molecule has 3 rings (SSSR count). The first-order valence-corrected chi connectivity index (χ1v) is 10.2. The molecule has 0 aliphatic carbocycles. The minimum atomic E-state index is -1.21. The molecule has 10 heteroatoms. The number of aromatic hydroxyl groups is 1. The van der Waals surface area contributed by atoms with E-state index in [9.17, 15) is 24.3 Å². The monoisotopic (exact) mass is 459 g/mol. The summed E-state index contributed by atoms with van der Waals surface area (Å²) in [4.78, 5) is 48.2. The van der Waals surface area contributed by atoms with E-state index in [0.717, 1.165) is 10.1 Å². The Labute approximate surface area is 189 Å². The number of esters is 3. The van der Waals surface area contributed by atoms with Gasteiger partial charge in [-0.1, -0.05) is 29.8 Å². The van der Waals surface area contributed by atoms with Crippen molar-refractivity contribution in [3.8, 4) is 16.9 Å². The van der Waals surface area contributed by atoms with Gasteiger partial charge in [0.2, 0.25) is 0 Å². The molecular weight excluding hydrogens is 434 g/mol. The maximum absolute atomic E-state index is 13.4. The van der Waals surface area contributed by atoms with Crippen LogP contribution in [0.3, 0.4) is 0 Å². The predicted octanol–water partition coefficient (Wildman–Crippen LogP) is 1.85. The summed E-state index contributed by atoms with van der Waals surface area (Å²) in [7, 11) is 0. The summed E-state index contributed by atoms with van der Waals surface area (Å²) < 4.78 is 22.7. The van der Waals surface area contributed by atoms with Crippen LogP contribution in [0.1, 0.15) is 32.6 Å². The maximum atomic E-state index is 13.4. The van der Waals surface area contributed by atoms with E-state index in [4.69, 9.17) is 18.9 Å². The van der Waals surface area contributed by atoms with Crippen LogP contribution in [0.25, 0.3) is 11.1 Å². The standard InChI is InChI=1S/C23H25NO9/c1-12-5-7-16(8-6-12)19-17(28)9-10-24(22(19)29)23-21(32-15(4)27)20(31-14(3)26)18(33-23)11-30-13(2)25/h5-10,18,20-21,23,28H,11H2,1-4H3/t18-,20-,21-,23-/m1/s1. The van der Waals surface area contributed by atoms with E-state index in [1.807, 2.05) is 6.92 Å². The van der Waals surface area contributed by atoms with E-state index in [1.165, 1.54) is 33.0 Å². The van der Waals surface area contributed by atoms with Gasteiger partial charge in [0.15, 0.2) is 18.4 Å². The topological polar surface area (TPSA) is 130 Å². The molecule has 4 atom stereocenters. The van der Waals surface area contributed by atoms with Crippen LogP contribution in [-0.2, 0) is 33.3 Å². The SMILES string of the molecule is CC(=O)OC[C@H]1O[C@@H](n2ccc(O)c(-c3ccc(C)cc3)c2=O)[C@H](OC(C)=O)[C@@H]1OC(C)=O. The van der Waals surface area contributed by atoms with Gasteiger partial charge in [-0.25, -0.2) is 0 Å². The average Bonchev–Trinajstić information content (AvgIpc) is 3.04. The lowest BCUT2D eigenvalue weighted by atomic mass is 10.0. The number of hydrogen-bond donors (Lipinski definition) is 1. The van der Waals surface area contributed by atoms with Crippen LogP contribution in [0.5, 0.6) is 5.75 Å². The number of hydrogen-bond acceptors (Lipinski definition) is 9. The molecule has 1 aliphatic heterocycles. The summed E-state index contributed by atoms with van der Waals surface area (Å²) in [6.45, 7) is 5.14. The minimum absolute atomic E-state index is 0.0233. The highest BCUT2D eigenvalue weighted by molar-refractivity contribution is 5.69. The Balaban J connectivity index is 2.08. The van der Waals surface area contributed by atoms with E-state index in [2.05, 4.69) is 0 Å². The predicted molar refractivity (Wildman–Crippen MR) is 114 cm³/mol. The molecule has 0 bridgehead atoms. The molecule has 1 aliphatic rings. The molecular formula is C23H25NO9. The molecule has 0 saturated carbocycles. The fourth-order valence-electron chi connectivity index (χ4n) is 3.65. The largest absolute Gasteiger partial charge is 0.507 e. The first kappa shape index (κ1) is 24.0. The molecule has 1 aromatic heterocycles. The molecule has 1 saturated heterocycles. The summed E-state index contributed by atoms with van der Waals surface area (Å²) >= 11 is 0. The fourth-order valence-corrected chi connectivity index (χ4v) is 3.65. The Kier molecular flexibility index (Phi) is 7.17. The van der Waals surface area contributed by atoms with Gasteiger partial charge in [-0.3, -0.25) is 23.7 Å². The summed E-state index contributed by atoms with van der Waals surface area (Å²) in [6.07, 6.45) is -3.28. The fraction of sp³-hybridized carbons (Fsp3) is 0.391. The Bertz CT molecular complexity index is 1110. The minimum Gasteiger partial charge on any atom is -0.507 e. The third-order valence-electron chi connectivity index (χ3n) is 5.05. The summed E-state index contributed by atoms with van der Waals surface area (Å²) in [6, 6.07) is 8.29. The molecule has 1 N–H and O–H groups in total. The Morgan fingerprint density at radius 2 is 1.58 bits per heavy atom. The van der Waals surface area contributed by atoms with Gasteiger partial charge in [-0.15, -0.1) is 0 Å². The van der Waals surface area contributed by atoms with Gasteiger partial charge in [0.1, 0.15) is 18.5 Å². The second-order valence-corrected chi connectivity index (χ2v) is 7.67. The first-order valence-electron chi connectivity index (χ1n) is 10.2. The zero-order valence-corrected chi connectivity index (χ0v) is 18.6. The van der Waals surface area contributed by atoms with Crippen LogP contribution >= 0.6 is 0 Å². The van der Waals surface area contributed by atoms with Crippen LogP contribution in [0, 0.1) is 6.92 Å². The van der Waals surface area contributed by atoms with Gasteiger partial charge in [-0.2, -0.15) is 0 Å². The number of carbonyl (C=O) groups is 3. The Hall–Kier alpha value is -3.66. The Morgan fingerprint density at radius 1 is 0.970 bits per heavy atom. The lowest BCUT2D eigenvalue weighted by Gasteiger charge is -2.24. The highest BCUT2D eigenvalue weighted by Gasteiger charge is 2.51. The third-order valence-corrected chi connectivity index (χ3v) is 5.05. The molecule has 1 aromatic carbocycles. The molecule has 33 heavy (non-hydrogen) atoms. The lowest BCUT2D eigenvalue weighted by molar-refractivity contribution is -0.166. The zero-order chi connectivity index (χ0) is 24.3. The number of nitrogens with zero attached hydrogens (tertiary/aromatic N) is 1. The average molecular weight is 459 g/mol. The molecule has 1 fully saturated rings. The van der Waals surface area contributed by atoms with Gasteiger partial charge in [0.25, 0.3) is 5.56 Å². The van der Waals surface area contributed by atoms with Gasteiger partial charge >= 0.3 is 17.9 Å². The molecule has 0 unspecified atom stereocenters. The van der Waals surface area contributed by atoms with E-state index < -0.39 is 48.0 Å².